The maximum atomic E-state index is 5.36. The van der Waals surface area contributed by atoms with Crippen molar-refractivity contribution in [2.24, 2.45) is 5.41 Å². The van der Waals surface area contributed by atoms with Gasteiger partial charge in [-0.15, -0.1) is 0 Å². The molecule has 3 heterocycles. The Morgan fingerprint density at radius 1 is 1.15 bits per heavy atom. The van der Waals surface area contributed by atoms with Crippen molar-refractivity contribution in [3.8, 4) is 0 Å². The molecular formula is C22H31N3O. The molecule has 1 unspecified atom stereocenters. The lowest BCUT2D eigenvalue weighted by atomic mass is 9.68. The van der Waals surface area contributed by atoms with Gasteiger partial charge in [-0.3, -0.25) is 4.90 Å². The molecule has 0 amide bonds. The molecule has 1 aromatic carbocycles. The number of nitrogens with zero attached hydrogens (tertiary/aromatic N) is 3. The summed E-state index contributed by atoms with van der Waals surface area (Å²) in [6.45, 7) is 11.1. The third-order valence-electron chi connectivity index (χ3n) is 6.40. The second-order valence-electron chi connectivity index (χ2n) is 8.27. The number of oxazole rings is 1. The van der Waals surface area contributed by atoms with E-state index in [1.54, 1.807) is 0 Å². The molecule has 4 heteroatoms. The van der Waals surface area contributed by atoms with Crippen LogP contribution in [0.1, 0.15) is 49.3 Å². The fourth-order valence-electron chi connectivity index (χ4n) is 4.95. The monoisotopic (exact) mass is 353 g/mol. The molecule has 0 aliphatic carbocycles. The zero-order chi connectivity index (χ0) is 18.0. The van der Waals surface area contributed by atoms with Gasteiger partial charge in [0.2, 0.25) is 0 Å². The van der Waals surface area contributed by atoms with E-state index in [2.05, 4.69) is 52.0 Å². The van der Waals surface area contributed by atoms with Gasteiger partial charge in [-0.25, -0.2) is 4.98 Å². The minimum atomic E-state index is 0.477. The highest BCUT2D eigenvalue weighted by Gasteiger charge is 2.41. The summed E-state index contributed by atoms with van der Waals surface area (Å²) in [5, 5.41) is 0. The van der Waals surface area contributed by atoms with Gasteiger partial charge in [-0.1, -0.05) is 37.3 Å². The SMILES string of the molecule is CCN1CC(c2ccccc2)CC2(CCN(Cc3coc(C)n3)CC2)C1. The van der Waals surface area contributed by atoms with Gasteiger partial charge in [0, 0.05) is 26.6 Å². The van der Waals surface area contributed by atoms with Crippen LogP contribution in [0.15, 0.2) is 41.0 Å². The van der Waals surface area contributed by atoms with Crippen molar-refractivity contribution in [3.63, 3.8) is 0 Å². The molecule has 1 aromatic heterocycles. The Morgan fingerprint density at radius 3 is 2.58 bits per heavy atom. The van der Waals surface area contributed by atoms with Crippen molar-refractivity contribution < 1.29 is 4.42 Å². The second kappa shape index (κ2) is 7.53. The topological polar surface area (TPSA) is 32.5 Å². The minimum Gasteiger partial charge on any atom is -0.449 e. The molecule has 0 saturated carbocycles. The lowest BCUT2D eigenvalue weighted by Gasteiger charge is -2.50. The van der Waals surface area contributed by atoms with E-state index < -0.39 is 0 Å². The van der Waals surface area contributed by atoms with Crippen LogP contribution in [0.3, 0.4) is 0 Å². The number of aryl methyl sites for hydroxylation is 1. The number of rotatable bonds is 4. The largest absolute Gasteiger partial charge is 0.449 e. The van der Waals surface area contributed by atoms with Crippen LogP contribution in [0.25, 0.3) is 0 Å². The highest BCUT2D eigenvalue weighted by atomic mass is 16.3. The normalized spacial score (nSPS) is 24.2. The molecule has 1 spiro atoms. The van der Waals surface area contributed by atoms with Crippen LogP contribution in [-0.4, -0.2) is 47.5 Å². The first kappa shape index (κ1) is 17.7. The van der Waals surface area contributed by atoms with Gasteiger partial charge >= 0.3 is 0 Å². The minimum absolute atomic E-state index is 0.477. The van der Waals surface area contributed by atoms with E-state index in [-0.39, 0.29) is 0 Å². The predicted octanol–water partition coefficient (Wildman–Crippen LogP) is 4.07. The number of aromatic nitrogens is 1. The van der Waals surface area contributed by atoms with Gasteiger partial charge in [0.25, 0.3) is 0 Å². The van der Waals surface area contributed by atoms with E-state index in [0.717, 1.165) is 24.7 Å². The molecule has 0 radical (unpaired) electrons. The molecule has 2 saturated heterocycles. The molecule has 1 atom stereocenters. The number of likely N-dealkylation sites (tertiary alicyclic amines) is 2. The average Bonchev–Trinajstić information content (AvgIpc) is 3.09. The van der Waals surface area contributed by atoms with Crippen molar-refractivity contribution in [3.05, 3.63) is 53.7 Å². The van der Waals surface area contributed by atoms with Crippen LogP contribution >= 0.6 is 0 Å². The van der Waals surface area contributed by atoms with Gasteiger partial charge in [-0.2, -0.15) is 0 Å². The molecule has 0 bridgehead atoms. The molecule has 0 N–H and O–H groups in total. The standard InChI is InChI=1S/C22H31N3O/c1-3-24-14-20(19-7-5-4-6-8-19)13-22(17-24)9-11-25(12-10-22)15-21-16-26-18(2)23-21/h4-8,16,20H,3,9-15,17H2,1-2H3. The van der Waals surface area contributed by atoms with Crippen LogP contribution in [-0.2, 0) is 6.54 Å². The van der Waals surface area contributed by atoms with Crippen molar-refractivity contribution in [2.45, 2.75) is 45.6 Å². The van der Waals surface area contributed by atoms with Crippen LogP contribution in [0.5, 0.6) is 0 Å². The molecule has 2 fully saturated rings. The summed E-state index contributed by atoms with van der Waals surface area (Å²) in [5.74, 6) is 1.44. The zero-order valence-electron chi connectivity index (χ0n) is 16.2. The number of benzene rings is 1. The fraction of sp³-hybridized carbons (Fsp3) is 0.591. The molecule has 26 heavy (non-hydrogen) atoms. The van der Waals surface area contributed by atoms with Crippen molar-refractivity contribution in [1.82, 2.24) is 14.8 Å². The van der Waals surface area contributed by atoms with E-state index in [9.17, 15) is 0 Å². The molecule has 2 aliphatic rings. The van der Waals surface area contributed by atoms with Gasteiger partial charge in [0.15, 0.2) is 5.89 Å². The lowest BCUT2D eigenvalue weighted by molar-refractivity contribution is 0.0135. The van der Waals surface area contributed by atoms with Gasteiger partial charge < -0.3 is 9.32 Å². The smallest absolute Gasteiger partial charge is 0.191 e. The van der Waals surface area contributed by atoms with Crippen molar-refractivity contribution >= 4 is 0 Å². The summed E-state index contributed by atoms with van der Waals surface area (Å²) in [4.78, 5) is 9.69. The summed E-state index contributed by atoms with van der Waals surface area (Å²) in [6.07, 6.45) is 5.74. The summed E-state index contributed by atoms with van der Waals surface area (Å²) in [6, 6.07) is 11.1. The molecule has 2 aromatic rings. The fourth-order valence-corrected chi connectivity index (χ4v) is 4.95. The number of hydrogen-bond donors (Lipinski definition) is 0. The van der Waals surface area contributed by atoms with Gasteiger partial charge in [0.1, 0.15) is 6.26 Å². The Kier molecular flexibility index (Phi) is 5.14. The molecule has 140 valence electrons. The van der Waals surface area contributed by atoms with E-state index in [1.165, 1.54) is 51.0 Å². The number of piperidine rings is 2. The third-order valence-corrected chi connectivity index (χ3v) is 6.40. The van der Waals surface area contributed by atoms with Crippen LogP contribution in [0, 0.1) is 12.3 Å². The van der Waals surface area contributed by atoms with Crippen LogP contribution < -0.4 is 0 Å². The highest BCUT2D eigenvalue weighted by Crippen LogP contribution is 2.45. The maximum Gasteiger partial charge on any atom is 0.191 e. The second-order valence-corrected chi connectivity index (χ2v) is 8.27. The Morgan fingerprint density at radius 2 is 1.92 bits per heavy atom. The molecule has 2 aliphatic heterocycles. The van der Waals surface area contributed by atoms with E-state index in [0.29, 0.717) is 11.3 Å². The quantitative estimate of drug-likeness (QED) is 0.829. The Balaban J connectivity index is 1.42. The van der Waals surface area contributed by atoms with Crippen molar-refractivity contribution in [1.29, 1.82) is 0 Å². The van der Waals surface area contributed by atoms with E-state index in [1.807, 2.05) is 13.2 Å². The number of likely N-dealkylation sites (N-methyl/N-ethyl adjacent to an activating group) is 1. The van der Waals surface area contributed by atoms with Gasteiger partial charge in [-0.05, 0) is 55.8 Å². The average molecular weight is 354 g/mol. The summed E-state index contributed by atoms with van der Waals surface area (Å²) in [7, 11) is 0. The predicted molar refractivity (Wildman–Crippen MR) is 104 cm³/mol. The first-order chi connectivity index (χ1) is 12.7. The summed E-state index contributed by atoms with van der Waals surface area (Å²) >= 11 is 0. The Bertz CT molecular complexity index is 703. The summed E-state index contributed by atoms with van der Waals surface area (Å²) in [5.41, 5.74) is 3.07. The Hall–Kier alpha value is -1.65. The summed E-state index contributed by atoms with van der Waals surface area (Å²) < 4.78 is 5.36. The first-order valence-electron chi connectivity index (χ1n) is 10.1. The van der Waals surface area contributed by atoms with Crippen molar-refractivity contribution in [2.75, 3.05) is 32.7 Å². The highest BCUT2D eigenvalue weighted by molar-refractivity contribution is 5.21. The molecule has 4 nitrogen and oxygen atoms in total. The first-order valence-corrected chi connectivity index (χ1v) is 10.1. The lowest BCUT2D eigenvalue weighted by Crippen LogP contribution is -2.51. The van der Waals surface area contributed by atoms with E-state index in [4.69, 9.17) is 4.42 Å². The Labute approximate surface area is 157 Å². The van der Waals surface area contributed by atoms with Gasteiger partial charge in [0.05, 0.1) is 5.69 Å². The molecule has 4 rings (SSSR count). The van der Waals surface area contributed by atoms with Crippen LogP contribution in [0.4, 0.5) is 0 Å². The zero-order valence-corrected chi connectivity index (χ0v) is 16.2. The van der Waals surface area contributed by atoms with E-state index >= 15 is 0 Å². The number of hydrogen-bond acceptors (Lipinski definition) is 4. The molecular weight excluding hydrogens is 322 g/mol. The van der Waals surface area contributed by atoms with Crippen LogP contribution in [0.2, 0.25) is 0 Å². The maximum absolute atomic E-state index is 5.36. The third kappa shape index (κ3) is 3.86.